The van der Waals surface area contributed by atoms with Crippen LogP contribution in [0, 0.1) is 76.8 Å². The Hall–Kier alpha value is -16.1. The number of alkyl halides is 1. The van der Waals surface area contributed by atoms with Crippen LogP contribution in [0.3, 0.4) is 0 Å². The molecule has 15 rings (SSSR count). The van der Waals surface area contributed by atoms with E-state index in [0.29, 0.717) is 147 Å². The second-order valence-corrected chi connectivity index (χ2v) is 29.7. The van der Waals surface area contributed by atoms with Crippen molar-refractivity contribution >= 4 is 98.2 Å². The Labute approximate surface area is 765 Å². The average molecular weight is 1830 g/mol. The Kier molecular flexibility index (Phi) is 35.6. The summed E-state index contributed by atoms with van der Waals surface area (Å²) in [5.41, 5.74) is 23.5. The maximum Gasteiger partial charge on any atom is 0.359 e. The number of aliphatic hydroxyl groups excluding tert-OH is 2. The molecule has 10 N–H and O–H groups in total. The standard InChI is InChI=1S/C20H20F2N4O.C20H21FN4O2.C19H16FN5O2.C17H18FN5O.C13H11ClN4O2.C6H6FN/c1-13-12-26(25-18(13)11-21)20-10-15(4-3-14(2)27)9-19(24-20)23-17-7-5-16(22)6-8-17;1-13-11-25(24-18(13)12-26)20-10-15(4-3-14(2)27)9-19(23-20)22-17-7-5-16(21)6-8-17;1-4-27-19(26)18-12(2)11-25(24-18)17-10-15(21-3)9-16(23-17)22-14-7-5-13(20)6-8-14;1-11-9-23(22-15(11)10-24)17-7-12(8-19)6-16(21-17)20-14-4-2-13(18)3-5-14;1-4-20-13(19)12-8(2)7-18(17-12)11-6-9(15-3)5-10(14)16-11;7-5-1-3-6(8)4-2-5/h5-10,12H,3-4,11H2,1-2H3,(H,23,24);5-11,26H,3-4,12H2,1-2H3,(H,22,23);5-11H,4H2,1-2H3,(H,22,23);2-7,9,24H,8,10,19H2,1H3,(H,20,21);5-7H,4H2,1-2H3;1-4H,8H2. The number of Topliss-reactive ketones (excluding diaryl/α,β-unsaturated/α-hetero) is 2. The van der Waals surface area contributed by atoms with E-state index >= 15 is 0 Å². The number of benzene rings is 5. The van der Waals surface area contributed by atoms with E-state index in [1.165, 1.54) is 92.9 Å². The fraction of sp³-hybridized carbons (Fsp3) is 0.200. The predicted molar refractivity (Wildman–Crippen MR) is 492 cm³/mol. The molecule has 0 saturated carbocycles. The third-order valence-electron chi connectivity index (χ3n) is 18.9. The Bertz CT molecular complexity index is 6440. The minimum Gasteiger partial charge on any atom is -0.461 e. The number of esters is 2. The smallest absolute Gasteiger partial charge is 0.359 e. The van der Waals surface area contributed by atoms with Crippen LogP contribution < -0.4 is 32.7 Å². The van der Waals surface area contributed by atoms with Gasteiger partial charge in [-0.15, -0.1) is 0 Å². The van der Waals surface area contributed by atoms with Gasteiger partial charge in [0, 0.05) is 89.9 Å². The summed E-state index contributed by atoms with van der Waals surface area (Å²) in [5, 5.41) is 52.6. The molecule has 0 amide bonds. The largest absolute Gasteiger partial charge is 0.461 e. The van der Waals surface area contributed by atoms with E-state index in [1.54, 1.807) is 156 Å². The average Bonchev–Trinajstić information content (AvgIpc) is 1.69. The van der Waals surface area contributed by atoms with Gasteiger partial charge in [-0.25, -0.2) is 94.0 Å². The number of aryl methyl sites for hydroxylation is 7. The fourth-order valence-electron chi connectivity index (χ4n) is 12.1. The van der Waals surface area contributed by atoms with Crippen molar-refractivity contribution in [1.82, 2.24) is 73.8 Å². The molecule has 0 unspecified atom stereocenters. The number of ether oxygens (including phenoxy) is 2. The maximum absolute atomic E-state index is 13.1. The molecule has 0 atom stereocenters. The number of aromatic nitrogens is 15. The van der Waals surface area contributed by atoms with Crippen LogP contribution in [0.1, 0.15) is 123 Å². The fourth-order valence-corrected chi connectivity index (χ4v) is 12.3. The van der Waals surface area contributed by atoms with Gasteiger partial charge in [0.15, 0.2) is 40.2 Å². The number of carbonyl (C=O) groups is 4. The number of nitrogens with one attached hydrogen (secondary N) is 4. The number of halogens is 7. The summed E-state index contributed by atoms with van der Waals surface area (Å²) < 4.78 is 94.8. The summed E-state index contributed by atoms with van der Waals surface area (Å²) in [6, 6.07) is 46.6. The minimum atomic E-state index is -0.649. The van der Waals surface area contributed by atoms with E-state index < -0.39 is 18.6 Å². The van der Waals surface area contributed by atoms with Crippen molar-refractivity contribution in [2.24, 2.45) is 5.73 Å². The number of carbonyl (C=O) groups excluding carboxylic acids is 4. The molecule has 0 aliphatic carbocycles. The first-order chi connectivity index (χ1) is 63.8. The van der Waals surface area contributed by atoms with Gasteiger partial charge >= 0.3 is 11.9 Å². The second-order valence-electron chi connectivity index (χ2n) is 29.4. The van der Waals surface area contributed by atoms with Crippen molar-refractivity contribution in [3.8, 4) is 29.1 Å². The molecule has 5 aromatic carbocycles. The molecule has 0 bridgehead atoms. The van der Waals surface area contributed by atoms with Crippen LogP contribution in [0.5, 0.6) is 0 Å². The molecule has 0 radical (unpaired) electrons. The molecular formula is C95H92ClF6N23O8. The second kappa shape index (κ2) is 47.8. The molecule has 0 fully saturated rings. The predicted octanol–water partition coefficient (Wildman–Crippen LogP) is 18.9. The van der Waals surface area contributed by atoms with Crippen molar-refractivity contribution in [1.29, 1.82) is 0 Å². The van der Waals surface area contributed by atoms with Crippen molar-refractivity contribution < 1.29 is 65.2 Å². The van der Waals surface area contributed by atoms with Crippen LogP contribution in [0.4, 0.5) is 89.4 Å². The third kappa shape index (κ3) is 29.5. The molecule has 10 heterocycles. The Morgan fingerprint density at radius 3 is 1.02 bits per heavy atom. The lowest BCUT2D eigenvalue weighted by atomic mass is 10.1. The van der Waals surface area contributed by atoms with Crippen LogP contribution in [0.25, 0.3) is 38.8 Å². The van der Waals surface area contributed by atoms with Gasteiger partial charge in [0.25, 0.3) is 0 Å². The lowest BCUT2D eigenvalue weighted by Crippen LogP contribution is -2.08. The van der Waals surface area contributed by atoms with Crippen molar-refractivity contribution in [3.05, 3.63) is 343 Å². The number of nitrogens with two attached hydrogens (primary N) is 2. The zero-order valence-electron chi connectivity index (χ0n) is 73.5. The zero-order chi connectivity index (χ0) is 96.0. The maximum atomic E-state index is 13.1. The molecule has 38 heteroatoms. The van der Waals surface area contributed by atoms with E-state index in [1.807, 2.05) is 50.2 Å². The first-order valence-electron chi connectivity index (χ1n) is 41.0. The van der Waals surface area contributed by atoms with E-state index in [2.05, 4.69) is 81.4 Å². The Balaban J connectivity index is 0.000000169. The normalized spacial score (nSPS) is 10.5. The van der Waals surface area contributed by atoms with Gasteiger partial charge in [-0.2, -0.15) is 25.5 Å². The van der Waals surface area contributed by atoms with Gasteiger partial charge in [-0.05, 0) is 291 Å². The summed E-state index contributed by atoms with van der Waals surface area (Å²) in [5.74, 6) is 2.17. The molecule has 133 heavy (non-hydrogen) atoms. The van der Waals surface area contributed by atoms with Crippen LogP contribution in [0.2, 0.25) is 5.15 Å². The number of anilines is 9. The highest BCUT2D eigenvalue weighted by Gasteiger charge is 2.21. The number of nitrogens with zero attached hydrogens (tertiary/aromatic N) is 17. The van der Waals surface area contributed by atoms with Crippen LogP contribution in [-0.4, -0.2) is 121 Å². The molecule has 15 aromatic rings. The summed E-state index contributed by atoms with van der Waals surface area (Å²) in [7, 11) is 0. The molecule has 0 aliphatic heterocycles. The van der Waals surface area contributed by atoms with E-state index in [4.69, 9.17) is 45.7 Å². The van der Waals surface area contributed by atoms with Crippen molar-refractivity contribution in [2.75, 3.05) is 40.2 Å². The zero-order valence-corrected chi connectivity index (χ0v) is 74.3. The summed E-state index contributed by atoms with van der Waals surface area (Å²) in [6.45, 7) is 29.8. The number of aliphatic hydroxyl groups is 2. The number of pyridine rings is 5. The highest BCUT2D eigenvalue weighted by atomic mass is 35.5. The van der Waals surface area contributed by atoms with Crippen molar-refractivity contribution in [3.63, 3.8) is 0 Å². The molecule has 0 saturated heterocycles. The summed E-state index contributed by atoms with van der Waals surface area (Å²) >= 11 is 5.85. The quantitative estimate of drug-likeness (QED) is 0.00779. The number of ketones is 2. The third-order valence-corrected chi connectivity index (χ3v) is 19.1. The van der Waals surface area contributed by atoms with Gasteiger partial charge in [-0.3, -0.25) is 0 Å². The van der Waals surface area contributed by atoms with Gasteiger partial charge < -0.3 is 62.0 Å². The van der Waals surface area contributed by atoms with Crippen LogP contribution in [-0.2, 0) is 58.3 Å². The topological polar surface area (TPSA) is 390 Å². The van der Waals surface area contributed by atoms with Gasteiger partial charge in [-0.1, -0.05) is 11.6 Å². The van der Waals surface area contributed by atoms with Crippen LogP contribution >= 0.6 is 11.6 Å². The van der Waals surface area contributed by atoms with E-state index in [0.717, 1.165) is 39.1 Å². The Morgan fingerprint density at radius 2 is 0.707 bits per heavy atom. The van der Waals surface area contributed by atoms with Crippen molar-refractivity contribution in [2.45, 2.75) is 114 Å². The number of hydrogen-bond donors (Lipinski definition) is 8. The summed E-state index contributed by atoms with van der Waals surface area (Å²) in [4.78, 5) is 75.2. The highest BCUT2D eigenvalue weighted by molar-refractivity contribution is 6.29. The highest BCUT2D eigenvalue weighted by Crippen LogP contribution is 2.29. The molecule has 0 aliphatic rings. The lowest BCUT2D eigenvalue weighted by molar-refractivity contribution is -0.117. The molecular weight excluding hydrogens is 1740 g/mol. The van der Waals surface area contributed by atoms with E-state index in [9.17, 15) is 55.7 Å². The SMILES string of the molecule is CC(=O)CCc1cc(Nc2ccc(F)cc2)nc(-n2cc(C)c(CF)n2)c1.CC(=O)CCc1cc(Nc2ccc(F)cc2)nc(-n2cc(C)c(CO)n2)c1.Cc1cn(-c2cc(CN)cc(Nc3ccc(F)cc3)n2)nc1CO.Nc1ccc(F)cc1.[C-]#[N+]c1cc(Cl)nc(-n2cc(C)c(C(=O)OCC)n2)c1.[C-]#[N+]c1cc(Nc2ccc(F)cc2)nc(-n2cc(C)c(C(=O)OCC)n2)c1. The lowest BCUT2D eigenvalue weighted by Gasteiger charge is -2.11. The van der Waals surface area contributed by atoms with Gasteiger partial charge in [0.1, 0.15) is 87.4 Å². The number of hydrogen-bond acceptors (Lipinski definition) is 24. The summed E-state index contributed by atoms with van der Waals surface area (Å²) in [6.07, 6.45) is 10.6. The number of nitrogen functional groups attached to an aromatic ring is 1. The minimum absolute atomic E-state index is 0.0936. The van der Waals surface area contributed by atoms with E-state index in [-0.39, 0.29) is 83.6 Å². The van der Waals surface area contributed by atoms with Gasteiger partial charge in [0.05, 0.1) is 56.7 Å². The van der Waals surface area contributed by atoms with Gasteiger partial charge in [0.2, 0.25) is 0 Å². The number of rotatable bonds is 27. The molecule has 10 aromatic heterocycles. The molecule has 31 nitrogen and oxygen atoms in total. The molecule has 684 valence electrons. The Morgan fingerprint density at radius 1 is 0.414 bits per heavy atom. The monoisotopic (exact) mass is 1830 g/mol. The molecule has 0 spiro atoms. The first kappa shape index (κ1) is 99.1. The first-order valence-corrected chi connectivity index (χ1v) is 41.4. The van der Waals surface area contributed by atoms with Crippen LogP contribution in [0.15, 0.2) is 213 Å².